The third-order valence-corrected chi connectivity index (χ3v) is 7.57. The molecule has 1 aliphatic heterocycles. The lowest BCUT2D eigenvalue weighted by atomic mass is 9.55. The zero-order chi connectivity index (χ0) is 25.7. The molecule has 8 heteroatoms. The highest BCUT2D eigenvalue weighted by molar-refractivity contribution is 6.09. The normalized spacial score (nSPS) is 22.7. The zero-order valence-corrected chi connectivity index (χ0v) is 20.0. The number of benzene rings is 3. The number of amides is 3. The van der Waals surface area contributed by atoms with Gasteiger partial charge in [0.2, 0.25) is 11.8 Å². The molecule has 0 unspecified atom stereocenters. The molecule has 3 aromatic rings. The molecule has 8 nitrogen and oxygen atoms in total. The van der Waals surface area contributed by atoms with Gasteiger partial charge in [0.1, 0.15) is 12.3 Å². The van der Waals surface area contributed by atoms with Crippen molar-refractivity contribution in [2.24, 2.45) is 11.8 Å². The minimum absolute atomic E-state index is 0.244. The summed E-state index contributed by atoms with van der Waals surface area (Å²) in [6.07, 6.45) is 0. The van der Waals surface area contributed by atoms with Crippen LogP contribution in [0.1, 0.15) is 34.1 Å². The highest BCUT2D eigenvalue weighted by Crippen LogP contribution is 2.60. The minimum atomic E-state index is -0.821. The van der Waals surface area contributed by atoms with E-state index in [0.29, 0.717) is 11.4 Å². The van der Waals surface area contributed by atoms with Crippen LogP contribution in [0.5, 0.6) is 5.75 Å². The lowest BCUT2D eigenvalue weighted by molar-refractivity contribution is -0.154. The van der Waals surface area contributed by atoms with E-state index in [1.54, 1.807) is 24.3 Å². The van der Waals surface area contributed by atoms with Crippen LogP contribution in [0.4, 0.5) is 5.69 Å². The first kappa shape index (κ1) is 23.0. The fraction of sp³-hybridized carbons (Fsp3) is 0.241. The Morgan fingerprint density at radius 1 is 0.784 bits per heavy atom. The molecule has 0 spiro atoms. The third-order valence-electron chi connectivity index (χ3n) is 7.57. The summed E-state index contributed by atoms with van der Waals surface area (Å²) >= 11 is 0. The summed E-state index contributed by atoms with van der Waals surface area (Å²) in [7, 11) is 1.48. The molecule has 2 bridgehead atoms. The van der Waals surface area contributed by atoms with E-state index < -0.39 is 36.9 Å². The minimum Gasteiger partial charge on any atom is -0.495 e. The number of nitrogens with one attached hydrogen (secondary N) is 1. The van der Waals surface area contributed by atoms with Gasteiger partial charge < -0.3 is 14.8 Å². The van der Waals surface area contributed by atoms with E-state index in [2.05, 4.69) is 5.32 Å². The zero-order valence-electron chi connectivity index (χ0n) is 20.0. The van der Waals surface area contributed by atoms with Gasteiger partial charge in [-0.1, -0.05) is 60.7 Å². The Bertz CT molecular complexity index is 1330. The van der Waals surface area contributed by atoms with E-state index in [0.717, 1.165) is 27.2 Å². The van der Waals surface area contributed by atoms with Gasteiger partial charge in [0.05, 0.1) is 24.6 Å². The van der Waals surface area contributed by atoms with Crippen LogP contribution in [0.25, 0.3) is 0 Å². The Balaban J connectivity index is 1.18. The maximum absolute atomic E-state index is 13.5. The predicted molar refractivity (Wildman–Crippen MR) is 133 cm³/mol. The van der Waals surface area contributed by atoms with Gasteiger partial charge in [-0.05, 0) is 34.4 Å². The Morgan fingerprint density at radius 2 is 1.27 bits per heavy atom. The number of ether oxygens (including phenoxy) is 2. The van der Waals surface area contributed by atoms with Gasteiger partial charge in [-0.3, -0.25) is 24.1 Å². The van der Waals surface area contributed by atoms with Crippen LogP contribution in [0.15, 0.2) is 72.8 Å². The Morgan fingerprint density at radius 3 is 1.78 bits per heavy atom. The molecule has 37 heavy (non-hydrogen) atoms. The van der Waals surface area contributed by atoms with Crippen LogP contribution in [0.2, 0.25) is 0 Å². The number of likely N-dealkylation sites (tertiary alicyclic amines) is 1. The van der Waals surface area contributed by atoms with Crippen molar-refractivity contribution < 1.29 is 28.7 Å². The second-order valence-electron chi connectivity index (χ2n) is 9.44. The molecule has 1 saturated heterocycles. The van der Waals surface area contributed by atoms with Crippen molar-refractivity contribution in [1.29, 1.82) is 0 Å². The highest BCUT2D eigenvalue weighted by Gasteiger charge is 2.61. The van der Waals surface area contributed by atoms with Gasteiger partial charge in [-0.15, -0.1) is 0 Å². The van der Waals surface area contributed by atoms with Gasteiger partial charge >= 0.3 is 5.97 Å². The number of hydrogen-bond donors (Lipinski definition) is 1. The second kappa shape index (κ2) is 8.89. The molecule has 3 amide bonds. The molecule has 3 aromatic carbocycles. The molecule has 4 aliphatic rings. The SMILES string of the molecule is COc1ccccc1NC(=O)COC(=O)CN1C(=O)[C@@H]2C3c4ccccc4C(c4ccccc43)[C@@H]2C1=O. The number of carbonyl (C=O) groups excluding carboxylic acids is 4. The maximum atomic E-state index is 13.5. The first-order chi connectivity index (χ1) is 18.0. The largest absolute Gasteiger partial charge is 0.495 e. The molecule has 2 atom stereocenters. The maximum Gasteiger partial charge on any atom is 0.326 e. The topological polar surface area (TPSA) is 102 Å². The number of para-hydroxylation sites is 2. The van der Waals surface area contributed by atoms with E-state index in [9.17, 15) is 19.2 Å². The molecule has 1 N–H and O–H groups in total. The number of imide groups is 1. The van der Waals surface area contributed by atoms with Gasteiger partial charge in [-0.2, -0.15) is 0 Å². The molecule has 1 heterocycles. The summed E-state index contributed by atoms with van der Waals surface area (Å²) < 4.78 is 10.3. The first-order valence-corrected chi connectivity index (χ1v) is 12.1. The van der Waals surface area contributed by atoms with Crippen LogP contribution >= 0.6 is 0 Å². The number of carbonyl (C=O) groups is 4. The van der Waals surface area contributed by atoms with E-state index >= 15 is 0 Å². The number of anilines is 1. The summed E-state index contributed by atoms with van der Waals surface area (Å²) in [5.41, 5.74) is 4.68. The summed E-state index contributed by atoms with van der Waals surface area (Å²) in [4.78, 5) is 53.0. The fourth-order valence-corrected chi connectivity index (χ4v) is 6.15. The Kier molecular flexibility index (Phi) is 5.52. The lowest BCUT2D eigenvalue weighted by Gasteiger charge is -2.45. The van der Waals surface area contributed by atoms with E-state index in [1.807, 2.05) is 48.5 Å². The van der Waals surface area contributed by atoms with Gasteiger partial charge in [-0.25, -0.2) is 0 Å². The number of methoxy groups -OCH3 is 1. The van der Waals surface area contributed by atoms with Crippen molar-refractivity contribution in [3.63, 3.8) is 0 Å². The van der Waals surface area contributed by atoms with E-state index in [4.69, 9.17) is 9.47 Å². The van der Waals surface area contributed by atoms with Crippen LogP contribution in [0.3, 0.4) is 0 Å². The Hall–Kier alpha value is -4.46. The van der Waals surface area contributed by atoms with Gasteiger partial charge in [0, 0.05) is 11.8 Å². The summed E-state index contributed by atoms with van der Waals surface area (Å²) in [6, 6.07) is 22.7. The van der Waals surface area contributed by atoms with Crippen LogP contribution in [-0.2, 0) is 23.9 Å². The second-order valence-corrected chi connectivity index (χ2v) is 9.44. The fourth-order valence-electron chi connectivity index (χ4n) is 6.15. The average Bonchev–Trinajstić information content (AvgIpc) is 3.17. The average molecular weight is 497 g/mol. The summed E-state index contributed by atoms with van der Waals surface area (Å²) in [5, 5.41) is 2.62. The monoisotopic (exact) mass is 496 g/mol. The lowest BCUT2D eigenvalue weighted by Crippen LogP contribution is -2.41. The number of hydrogen-bond acceptors (Lipinski definition) is 6. The van der Waals surface area contributed by atoms with Gasteiger partial charge in [0.15, 0.2) is 6.61 Å². The van der Waals surface area contributed by atoms with Crippen molar-refractivity contribution >= 4 is 29.4 Å². The van der Waals surface area contributed by atoms with Crippen LogP contribution in [0, 0.1) is 11.8 Å². The number of rotatable bonds is 6. The molecule has 3 aliphatic carbocycles. The number of esters is 1. The van der Waals surface area contributed by atoms with Crippen molar-refractivity contribution in [3.8, 4) is 5.75 Å². The predicted octanol–water partition coefficient (Wildman–Crippen LogP) is 3.07. The molecule has 1 fully saturated rings. The summed E-state index contributed by atoms with van der Waals surface area (Å²) in [5.74, 6) is -3.28. The molecular formula is C29H24N2O6. The third kappa shape index (κ3) is 3.59. The highest BCUT2D eigenvalue weighted by atomic mass is 16.5. The van der Waals surface area contributed by atoms with Gasteiger partial charge in [0.25, 0.3) is 5.91 Å². The summed E-state index contributed by atoms with van der Waals surface area (Å²) in [6.45, 7) is -1.08. The standard InChI is InChI=1S/C29H24N2O6/c1-36-21-13-7-6-12-20(21)30-22(32)15-37-23(33)14-31-28(34)26-24-16-8-2-3-9-17(16)25(27(26)29(31)35)19-11-5-4-10-18(19)24/h2-13,24-27H,14-15H2,1H3,(H,30,32)/t24?,25?,26-,27+. The molecule has 0 saturated carbocycles. The van der Waals surface area contributed by atoms with E-state index in [-0.39, 0.29) is 23.7 Å². The van der Waals surface area contributed by atoms with Crippen LogP contribution < -0.4 is 10.1 Å². The molecule has 0 aromatic heterocycles. The molecule has 186 valence electrons. The van der Waals surface area contributed by atoms with Crippen molar-refractivity contribution in [3.05, 3.63) is 95.1 Å². The van der Waals surface area contributed by atoms with Crippen molar-refractivity contribution in [1.82, 2.24) is 4.90 Å². The molecular weight excluding hydrogens is 472 g/mol. The quantitative estimate of drug-likeness (QED) is 0.416. The van der Waals surface area contributed by atoms with E-state index in [1.165, 1.54) is 7.11 Å². The molecule has 7 rings (SSSR count). The Labute approximate surface area is 213 Å². The first-order valence-electron chi connectivity index (χ1n) is 12.1. The smallest absolute Gasteiger partial charge is 0.326 e. The van der Waals surface area contributed by atoms with Crippen molar-refractivity contribution in [2.75, 3.05) is 25.6 Å². The van der Waals surface area contributed by atoms with Crippen molar-refractivity contribution in [2.45, 2.75) is 11.8 Å². The van der Waals surface area contributed by atoms with Crippen LogP contribution in [-0.4, -0.2) is 48.9 Å². The molecule has 0 radical (unpaired) electrons. The number of nitrogens with zero attached hydrogens (tertiary/aromatic N) is 1.